The van der Waals surface area contributed by atoms with Gasteiger partial charge in [0.1, 0.15) is 11.5 Å². The van der Waals surface area contributed by atoms with Gasteiger partial charge in [0.2, 0.25) is 0 Å². The van der Waals surface area contributed by atoms with Crippen LogP contribution >= 0.6 is 0 Å². The summed E-state index contributed by atoms with van der Waals surface area (Å²) in [7, 11) is 0. The number of amides is 1. The predicted molar refractivity (Wildman–Crippen MR) is 68.4 cm³/mol. The Labute approximate surface area is 114 Å². The summed E-state index contributed by atoms with van der Waals surface area (Å²) in [5.74, 6) is -0.746. The van der Waals surface area contributed by atoms with Gasteiger partial charge in [-0.2, -0.15) is 13.2 Å². The van der Waals surface area contributed by atoms with Crippen LogP contribution in [-0.2, 0) is 6.18 Å². The van der Waals surface area contributed by atoms with Gasteiger partial charge in [-0.15, -0.1) is 0 Å². The Balaban J connectivity index is 2.46. The van der Waals surface area contributed by atoms with Crippen molar-refractivity contribution in [2.45, 2.75) is 26.4 Å². The summed E-state index contributed by atoms with van der Waals surface area (Å²) < 4.78 is 38.2. The zero-order valence-corrected chi connectivity index (χ0v) is 11.3. The SMILES string of the molecule is CC1(C)CCN(c2nc(C(F)(F)F)ccc2C(N)=O)C1. The molecule has 1 aliphatic rings. The Kier molecular flexibility index (Phi) is 3.39. The maximum atomic E-state index is 12.7. The van der Waals surface area contributed by atoms with Crippen LogP contribution < -0.4 is 10.6 Å². The summed E-state index contributed by atoms with van der Waals surface area (Å²) >= 11 is 0. The number of rotatable bonds is 2. The molecule has 1 amide bonds. The lowest BCUT2D eigenvalue weighted by molar-refractivity contribution is -0.141. The van der Waals surface area contributed by atoms with Gasteiger partial charge in [-0.25, -0.2) is 4.98 Å². The molecule has 2 heterocycles. The van der Waals surface area contributed by atoms with E-state index in [0.717, 1.165) is 18.6 Å². The van der Waals surface area contributed by atoms with Gasteiger partial charge in [-0.3, -0.25) is 4.79 Å². The van der Waals surface area contributed by atoms with Crippen LogP contribution in [0.4, 0.5) is 19.0 Å². The number of nitrogens with two attached hydrogens (primary N) is 1. The lowest BCUT2D eigenvalue weighted by atomic mass is 9.93. The van der Waals surface area contributed by atoms with Crippen molar-refractivity contribution in [2.24, 2.45) is 11.1 Å². The number of carbonyl (C=O) groups excluding carboxylic acids is 1. The molecule has 1 aromatic rings. The standard InChI is InChI=1S/C13H16F3N3O/c1-12(2)5-6-19(7-12)11-8(10(17)20)3-4-9(18-11)13(14,15)16/h3-4H,5-7H2,1-2H3,(H2,17,20). The van der Waals surface area contributed by atoms with Crippen LogP contribution in [0.5, 0.6) is 0 Å². The molecule has 110 valence electrons. The van der Waals surface area contributed by atoms with E-state index in [4.69, 9.17) is 5.73 Å². The van der Waals surface area contributed by atoms with Crippen molar-refractivity contribution in [3.05, 3.63) is 23.4 Å². The lowest BCUT2D eigenvalue weighted by Crippen LogP contribution is -2.28. The maximum absolute atomic E-state index is 12.7. The van der Waals surface area contributed by atoms with E-state index < -0.39 is 17.8 Å². The highest BCUT2D eigenvalue weighted by atomic mass is 19.4. The molecule has 0 spiro atoms. The molecule has 20 heavy (non-hydrogen) atoms. The number of hydrogen-bond donors (Lipinski definition) is 1. The Morgan fingerprint density at radius 3 is 2.50 bits per heavy atom. The first-order chi connectivity index (χ1) is 9.10. The second kappa shape index (κ2) is 4.64. The van der Waals surface area contributed by atoms with Gasteiger partial charge in [-0.05, 0) is 24.0 Å². The quantitative estimate of drug-likeness (QED) is 0.909. The number of anilines is 1. The molecule has 2 N–H and O–H groups in total. The van der Waals surface area contributed by atoms with Crippen molar-refractivity contribution in [1.29, 1.82) is 0 Å². The molecule has 4 nitrogen and oxygen atoms in total. The topological polar surface area (TPSA) is 59.2 Å². The molecular formula is C13H16F3N3O. The van der Waals surface area contributed by atoms with Crippen LogP contribution in [0.1, 0.15) is 36.3 Å². The number of hydrogen-bond acceptors (Lipinski definition) is 3. The number of alkyl halides is 3. The minimum Gasteiger partial charge on any atom is -0.365 e. The van der Waals surface area contributed by atoms with Gasteiger partial charge >= 0.3 is 6.18 Å². The molecule has 1 saturated heterocycles. The van der Waals surface area contributed by atoms with Crippen LogP contribution in [0.15, 0.2) is 12.1 Å². The third kappa shape index (κ3) is 2.86. The summed E-state index contributed by atoms with van der Waals surface area (Å²) in [4.78, 5) is 16.7. The molecule has 7 heteroatoms. The largest absolute Gasteiger partial charge is 0.433 e. The van der Waals surface area contributed by atoms with Crippen molar-refractivity contribution in [3.63, 3.8) is 0 Å². The van der Waals surface area contributed by atoms with Crippen molar-refractivity contribution in [2.75, 3.05) is 18.0 Å². The van der Waals surface area contributed by atoms with Crippen LogP contribution in [0.25, 0.3) is 0 Å². The van der Waals surface area contributed by atoms with E-state index in [1.54, 1.807) is 4.90 Å². The second-order valence-corrected chi connectivity index (χ2v) is 5.77. The highest BCUT2D eigenvalue weighted by molar-refractivity contribution is 5.97. The van der Waals surface area contributed by atoms with Gasteiger partial charge in [0, 0.05) is 13.1 Å². The van der Waals surface area contributed by atoms with Gasteiger partial charge in [0.25, 0.3) is 5.91 Å². The average Bonchev–Trinajstić information content (AvgIpc) is 2.67. The third-order valence-corrected chi connectivity index (χ3v) is 3.41. The van der Waals surface area contributed by atoms with Crippen molar-refractivity contribution < 1.29 is 18.0 Å². The number of halogens is 3. The van der Waals surface area contributed by atoms with E-state index in [9.17, 15) is 18.0 Å². The average molecular weight is 287 g/mol. The second-order valence-electron chi connectivity index (χ2n) is 5.77. The van der Waals surface area contributed by atoms with Gasteiger partial charge in [0.15, 0.2) is 0 Å². The number of carbonyl (C=O) groups is 1. The molecular weight excluding hydrogens is 271 g/mol. The van der Waals surface area contributed by atoms with E-state index in [0.29, 0.717) is 13.1 Å². The molecule has 0 atom stereocenters. The fraction of sp³-hybridized carbons (Fsp3) is 0.538. The summed E-state index contributed by atoms with van der Waals surface area (Å²) in [6.07, 6.45) is -3.72. The van der Waals surface area contributed by atoms with Crippen molar-refractivity contribution in [1.82, 2.24) is 4.98 Å². The molecule has 1 aliphatic heterocycles. The number of aromatic nitrogens is 1. The Morgan fingerprint density at radius 2 is 2.05 bits per heavy atom. The van der Waals surface area contributed by atoms with E-state index >= 15 is 0 Å². The Bertz CT molecular complexity index is 540. The van der Waals surface area contributed by atoms with E-state index in [1.807, 2.05) is 13.8 Å². The predicted octanol–water partition coefficient (Wildman–Crippen LogP) is 2.44. The van der Waals surface area contributed by atoms with Crippen LogP contribution in [0, 0.1) is 5.41 Å². The molecule has 1 aromatic heterocycles. The highest BCUT2D eigenvalue weighted by Crippen LogP contribution is 2.35. The number of pyridine rings is 1. The zero-order chi connectivity index (χ0) is 15.1. The summed E-state index contributed by atoms with van der Waals surface area (Å²) in [6, 6.07) is 1.88. The molecule has 0 radical (unpaired) electrons. The fourth-order valence-electron chi connectivity index (χ4n) is 2.33. The smallest absolute Gasteiger partial charge is 0.365 e. The number of nitrogens with zero attached hydrogens (tertiary/aromatic N) is 2. The maximum Gasteiger partial charge on any atom is 0.433 e. The lowest BCUT2D eigenvalue weighted by Gasteiger charge is -2.23. The molecule has 0 bridgehead atoms. The van der Waals surface area contributed by atoms with Crippen LogP contribution in [0.3, 0.4) is 0 Å². The van der Waals surface area contributed by atoms with Crippen molar-refractivity contribution in [3.8, 4) is 0 Å². The number of primary amides is 1. The Hall–Kier alpha value is -1.79. The first-order valence-electron chi connectivity index (χ1n) is 6.23. The first kappa shape index (κ1) is 14.6. The van der Waals surface area contributed by atoms with E-state index in [1.165, 1.54) is 0 Å². The molecule has 1 fully saturated rings. The van der Waals surface area contributed by atoms with E-state index in [2.05, 4.69) is 4.98 Å². The molecule has 0 aliphatic carbocycles. The molecule has 0 aromatic carbocycles. The summed E-state index contributed by atoms with van der Waals surface area (Å²) in [6.45, 7) is 5.14. The normalized spacial score (nSPS) is 18.4. The molecule has 2 rings (SSSR count). The zero-order valence-electron chi connectivity index (χ0n) is 11.3. The van der Waals surface area contributed by atoms with Gasteiger partial charge in [-0.1, -0.05) is 13.8 Å². The molecule has 0 unspecified atom stereocenters. The summed E-state index contributed by atoms with van der Waals surface area (Å²) in [5.41, 5.74) is 4.21. The van der Waals surface area contributed by atoms with Gasteiger partial charge in [0.05, 0.1) is 5.56 Å². The van der Waals surface area contributed by atoms with E-state index in [-0.39, 0.29) is 16.8 Å². The first-order valence-corrected chi connectivity index (χ1v) is 6.23. The van der Waals surface area contributed by atoms with Crippen LogP contribution in [0.2, 0.25) is 0 Å². The minimum absolute atomic E-state index is 0.0230. The highest BCUT2D eigenvalue weighted by Gasteiger charge is 2.36. The monoisotopic (exact) mass is 287 g/mol. The third-order valence-electron chi connectivity index (χ3n) is 3.41. The van der Waals surface area contributed by atoms with Crippen molar-refractivity contribution >= 4 is 11.7 Å². The molecule has 0 saturated carbocycles. The minimum atomic E-state index is -4.54. The van der Waals surface area contributed by atoms with Crippen LogP contribution in [-0.4, -0.2) is 24.0 Å². The fourth-order valence-corrected chi connectivity index (χ4v) is 2.33. The van der Waals surface area contributed by atoms with Gasteiger partial charge < -0.3 is 10.6 Å². The Morgan fingerprint density at radius 1 is 1.40 bits per heavy atom. The summed E-state index contributed by atoms with van der Waals surface area (Å²) in [5, 5.41) is 0.